The quantitative estimate of drug-likeness (QED) is 0.437. The van der Waals surface area contributed by atoms with E-state index in [4.69, 9.17) is 26.8 Å². The molecule has 1 amide bonds. The molecule has 5 rings (SSSR count). The van der Waals surface area contributed by atoms with Gasteiger partial charge >= 0.3 is 6.09 Å². The van der Waals surface area contributed by atoms with Gasteiger partial charge in [0.1, 0.15) is 29.6 Å². The number of methoxy groups -OCH3 is 1. The van der Waals surface area contributed by atoms with Crippen molar-refractivity contribution in [1.82, 2.24) is 14.5 Å². The van der Waals surface area contributed by atoms with Crippen LogP contribution in [0.2, 0.25) is 0 Å². The van der Waals surface area contributed by atoms with E-state index in [0.717, 1.165) is 54.3 Å². The van der Waals surface area contributed by atoms with E-state index in [2.05, 4.69) is 26.0 Å². The van der Waals surface area contributed by atoms with Crippen LogP contribution in [0.5, 0.6) is 5.75 Å². The number of carbonyl (C=O) groups excluding carboxylic acids is 1. The number of benzene rings is 1. The molecule has 8 nitrogen and oxygen atoms in total. The van der Waals surface area contributed by atoms with E-state index < -0.39 is 6.09 Å². The summed E-state index contributed by atoms with van der Waals surface area (Å²) < 4.78 is 13.4. The predicted octanol–water partition coefficient (Wildman–Crippen LogP) is 5.90. The first-order valence-corrected chi connectivity index (χ1v) is 12.4. The number of nitrogens with one attached hydrogen (secondary N) is 1. The number of nitrogen functional groups attached to an aromatic ring is 1. The van der Waals surface area contributed by atoms with Crippen LogP contribution >= 0.6 is 11.6 Å². The number of anilines is 2. The molecule has 2 aliphatic carbocycles. The zero-order valence-electron chi connectivity index (χ0n) is 19.3. The predicted molar refractivity (Wildman–Crippen MR) is 133 cm³/mol. The summed E-state index contributed by atoms with van der Waals surface area (Å²) in [5, 5.41) is 3.71. The first-order valence-electron chi connectivity index (χ1n) is 11.9. The molecule has 3 N–H and O–H groups in total. The average molecular weight is 484 g/mol. The summed E-state index contributed by atoms with van der Waals surface area (Å²) in [6.07, 6.45) is 11.1. The highest BCUT2D eigenvalue weighted by molar-refractivity contribution is 6.20. The minimum Gasteiger partial charge on any atom is -0.495 e. The van der Waals surface area contributed by atoms with Crippen molar-refractivity contribution < 1.29 is 14.3 Å². The smallest absolute Gasteiger partial charge is 0.412 e. The Morgan fingerprint density at radius 2 is 2.00 bits per heavy atom. The first kappa shape index (κ1) is 22.8. The van der Waals surface area contributed by atoms with Crippen molar-refractivity contribution in [2.75, 3.05) is 18.2 Å². The molecule has 0 aliphatic heterocycles. The van der Waals surface area contributed by atoms with Crippen LogP contribution in [0.1, 0.15) is 57.4 Å². The number of nitrogens with zero attached hydrogens (tertiary/aromatic N) is 3. The second-order valence-corrected chi connectivity index (χ2v) is 9.79. The van der Waals surface area contributed by atoms with Crippen molar-refractivity contribution in [3.8, 4) is 16.9 Å². The fourth-order valence-corrected chi connectivity index (χ4v) is 5.59. The summed E-state index contributed by atoms with van der Waals surface area (Å²) in [6.45, 7) is 0. The largest absolute Gasteiger partial charge is 0.495 e. The van der Waals surface area contributed by atoms with Gasteiger partial charge in [0.15, 0.2) is 0 Å². The number of halogens is 1. The Hall–Kier alpha value is -3.00. The second-order valence-electron chi connectivity index (χ2n) is 9.18. The normalized spacial score (nSPS) is 21.0. The van der Waals surface area contributed by atoms with Gasteiger partial charge in [-0.3, -0.25) is 5.32 Å². The van der Waals surface area contributed by atoms with Crippen molar-refractivity contribution in [1.29, 1.82) is 0 Å². The van der Waals surface area contributed by atoms with Gasteiger partial charge in [-0.2, -0.15) is 0 Å². The Morgan fingerprint density at radius 1 is 1.18 bits per heavy atom. The molecule has 0 radical (unpaired) electrons. The summed E-state index contributed by atoms with van der Waals surface area (Å²) in [7, 11) is 1.58. The van der Waals surface area contributed by atoms with Crippen molar-refractivity contribution in [2.45, 2.75) is 68.9 Å². The minimum absolute atomic E-state index is 0.0585. The van der Waals surface area contributed by atoms with E-state index in [1.165, 1.54) is 19.2 Å². The molecular formula is C25H30ClN5O3. The molecule has 2 aromatic heterocycles. The maximum atomic E-state index is 12.5. The van der Waals surface area contributed by atoms with Crippen LogP contribution in [-0.2, 0) is 4.74 Å². The number of hydrogen-bond donors (Lipinski definition) is 2. The summed E-state index contributed by atoms with van der Waals surface area (Å²) in [5.74, 6) is 0.983. The summed E-state index contributed by atoms with van der Waals surface area (Å²) in [5.41, 5.74) is 9.54. The molecule has 2 fully saturated rings. The second kappa shape index (κ2) is 9.70. The van der Waals surface area contributed by atoms with Crippen LogP contribution in [0.25, 0.3) is 22.2 Å². The number of ether oxygens (including phenoxy) is 2. The molecule has 3 aromatic rings. The van der Waals surface area contributed by atoms with Crippen LogP contribution < -0.4 is 15.8 Å². The minimum atomic E-state index is -0.503. The Bertz CT molecular complexity index is 1190. The zero-order chi connectivity index (χ0) is 23.7. The molecule has 0 bridgehead atoms. The highest BCUT2D eigenvalue weighted by Gasteiger charge is 2.25. The summed E-state index contributed by atoms with van der Waals surface area (Å²) in [6, 6.07) is 6.06. The topological polar surface area (TPSA) is 104 Å². The lowest BCUT2D eigenvalue weighted by atomic mass is 9.97. The van der Waals surface area contributed by atoms with E-state index in [0.29, 0.717) is 29.7 Å². The fourth-order valence-electron chi connectivity index (χ4n) is 5.24. The molecule has 2 atom stereocenters. The monoisotopic (exact) mass is 483 g/mol. The van der Waals surface area contributed by atoms with Gasteiger partial charge in [-0.15, -0.1) is 11.6 Å². The number of fused-ring (bicyclic) bond motifs is 1. The molecule has 0 spiro atoms. The van der Waals surface area contributed by atoms with Crippen LogP contribution in [0.4, 0.5) is 16.3 Å². The average Bonchev–Trinajstić information content (AvgIpc) is 3.48. The van der Waals surface area contributed by atoms with Gasteiger partial charge in [0.2, 0.25) is 0 Å². The molecule has 2 saturated carbocycles. The van der Waals surface area contributed by atoms with Crippen molar-refractivity contribution in [2.24, 2.45) is 0 Å². The lowest BCUT2D eigenvalue weighted by Gasteiger charge is -2.25. The number of hydrogen-bond acceptors (Lipinski definition) is 6. The highest BCUT2D eigenvalue weighted by Crippen LogP contribution is 2.40. The summed E-state index contributed by atoms with van der Waals surface area (Å²) >= 11 is 6.22. The van der Waals surface area contributed by atoms with Gasteiger partial charge in [0, 0.05) is 29.6 Å². The lowest BCUT2D eigenvalue weighted by molar-refractivity contribution is 0.0876. The van der Waals surface area contributed by atoms with Gasteiger partial charge < -0.3 is 19.8 Å². The third kappa shape index (κ3) is 4.51. The number of rotatable bonds is 5. The Labute approximate surface area is 203 Å². The summed E-state index contributed by atoms with van der Waals surface area (Å²) in [4.78, 5) is 21.3. The molecular weight excluding hydrogens is 454 g/mol. The fraction of sp³-hybridized carbons (Fsp3) is 0.480. The molecule has 9 heteroatoms. The first-order chi connectivity index (χ1) is 16.5. The van der Waals surface area contributed by atoms with Crippen LogP contribution in [0.15, 0.2) is 30.7 Å². The van der Waals surface area contributed by atoms with Crippen molar-refractivity contribution in [3.05, 3.63) is 30.7 Å². The molecule has 2 unspecified atom stereocenters. The maximum Gasteiger partial charge on any atom is 0.412 e. The number of carbonyl (C=O) groups is 1. The lowest BCUT2D eigenvalue weighted by Crippen LogP contribution is -2.28. The van der Waals surface area contributed by atoms with E-state index in [1.54, 1.807) is 7.11 Å². The van der Waals surface area contributed by atoms with Gasteiger partial charge in [-0.1, -0.05) is 18.9 Å². The molecule has 1 aromatic carbocycles. The van der Waals surface area contributed by atoms with Crippen molar-refractivity contribution >= 4 is 40.2 Å². The number of nitrogens with two attached hydrogens (primary N) is 1. The van der Waals surface area contributed by atoms with Gasteiger partial charge in [0.05, 0.1) is 18.2 Å². The van der Waals surface area contributed by atoms with Crippen LogP contribution in [0, 0.1) is 0 Å². The van der Waals surface area contributed by atoms with Gasteiger partial charge in [-0.25, -0.2) is 14.8 Å². The standard InChI is InChI=1S/C25H30ClN5O3/c1-33-21-11-15(9-10-20(21)30-25(32)34-18-8-4-5-16(26)12-18)19-13-31(17-6-2-3-7-17)24-22(19)23(27)28-14-29-24/h9-11,13-14,16-18H,2-8,12H2,1H3,(H,30,32)(H2,27,28,29). The van der Waals surface area contributed by atoms with Gasteiger partial charge in [0.25, 0.3) is 0 Å². The Morgan fingerprint density at radius 3 is 2.76 bits per heavy atom. The number of alkyl halides is 1. The highest BCUT2D eigenvalue weighted by atomic mass is 35.5. The number of amides is 1. The molecule has 2 aliphatic rings. The SMILES string of the molecule is COc1cc(-c2cn(C3CCCC3)c3ncnc(N)c23)ccc1NC(=O)OC1CCCC(Cl)C1. The third-order valence-corrected chi connectivity index (χ3v) is 7.34. The molecule has 0 saturated heterocycles. The number of aromatic nitrogens is 3. The van der Waals surface area contributed by atoms with Gasteiger partial charge in [-0.05, 0) is 49.8 Å². The van der Waals surface area contributed by atoms with E-state index in [1.807, 2.05) is 18.2 Å². The van der Waals surface area contributed by atoms with Crippen LogP contribution in [0.3, 0.4) is 0 Å². The van der Waals surface area contributed by atoms with Crippen LogP contribution in [-0.4, -0.2) is 39.2 Å². The van der Waals surface area contributed by atoms with E-state index in [-0.39, 0.29) is 11.5 Å². The third-order valence-electron chi connectivity index (χ3n) is 6.94. The maximum absolute atomic E-state index is 12.5. The molecule has 34 heavy (non-hydrogen) atoms. The molecule has 2 heterocycles. The Balaban J connectivity index is 1.42. The van der Waals surface area contributed by atoms with Crippen molar-refractivity contribution in [3.63, 3.8) is 0 Å². The Kier molecular flexibility index (Phi) is 6.50. The van der Waals surface area contributed by atoms with E-state index >= 15 is 0 Å². The van der Waals surface area contributed by atoms with E-state index in [9.17, 15) is 4.79 Å². The molecule has 180 valence electrons. The zero-order valence-corrected chi connectivity index (χ0v) is 20.1.